The number of rotatable bonds is 3. The number of nitrogens with one attached hydrogen (secondary N) is 2. The van der Waals surface area contributed by atoms with Crippen LogP contribution < -0.4 is 15.6 Å². The third kappa shape index (κ3) is 2.82. The summed E-state index contributed by atoms with van der Waals surface area (Å²) >= 11 is 0. The molecule has 1 aromatic carbocycles. The Morgan fingerprint density at radius 1 is 1.16 bits per heavy atom. The van der Waals surface area contributed by atoms with E-state index in [0.29, 0.717) is 11.6 Å². The van der Waals surface area contributed by atoms with Gasteiger partial charge in [-0.1, -0.05) is 0 Å². The predicted molar refractivity (Wildman–Crippen MR) is 94.9 cm³/mol. The van der Waals surface area contributed by atoms with E-state index < -0.39 is 0 Å². The molecule has 0 bridgehead atoms. The highest BCUT2D eigenvalue weighted by Gasteiger charge is 2.40. The molecular formula is C19H21N3O3. The van der Waals surface area contributed by atoms with Crippen molar-refractivity contribution in [1.82, 2.24) is 15.2 Å². The second-order valence-electron chi connectivity index (χ2n) is 6.62. The Kier molecular flexibility index (Phi) is 4.05. The summed E-state index contributed by atoms with van der Waals surface area (Å²) in [5.74, 6) is 1.10. The second-order valence-corrected chi connectivity index (χ2v) is 6.62. The summed E-state index contributed by atoms with van der Waals surface area (Å²) in [5, 5.41) is 3.33. The zero-order chi connectivity index (χ0) is 17.4. The van der Waals surface area contributed by atoms with E-state index in [0.717, 1.165) is 37.4 Å². The van der Waals surface area contributed by atoms with Gasteiger partial charge in [0.2, 0.25) is 0 Å². The molecule has 2 aliphatic rings. The minimum Gasteiger partial charge on any atom is -0.497 e. The van der Waals surface area contributed by atoms with Crippen LogP contribution in [0.2, 0.25) is 0 Å². The molecule has 6 nitrogen and oxygen atoms in total. The number of aromatic amines is 1. The fourth-order valence-corrected chi connectivity index (χ4v) is 3.84. The highest BCUT2D eigenvalue weighted by atomic mass is 16.5. The molecule has 2 N–H and O–H groups in total. The van der Waals surface area contributed by atoms with Gasteiger partial charge in [-0.3, -0.25) is 9.59 Å². The molecule has 130 valence electrons. The van der Waals surface area contributed by atoms with E-state index in [9.17, 15) is 9.59 Å². The summed E-state index contributed by atoms with van der Waals surface area (Å²) in [6, 6.07) is 11.1. The Morgan fingerprint density at radius 2 is 1.96 bits per heavy atom. The Bertz CT molecular complexity index is 844. The number of ether oxygens (including phenoxy) is 1. The monoisotopic (exact) mass is 339 g/mol. The van der Waals surface area contributed by atoms with Crippen molar-refractivity contribution < 1.29 is 9.53 Å². The number of hydrogen-bond donors (Lipinski definition) is 2. The summed E-state index contributed by atoms with van der Waals surface area (Å²) in [6.07, 6.45) is 1.01. The van der Waals surface area contributed by atoms with Crippen LogP contribution in [0.4, 0.5) is 0 Å². The molecule has 6 heteroatoms. The van der Waals surface area contributed by atoms with E-state index in [2.05, 4.69) is 10.3 Å². The molecule has 4 rings (SSSR count). The van der Waals surface area contributed by atoms with Crippen LogP contribution in [0.5, 0.6) is 5.75 Å². The lowest BCUT2D eigenvalue weighted by atomic mass is 10.0. The SMILES string of the molecule is COc1ccc(-c2ccc(C(=O)N3CC[C@H]4CNC[C@H]43)c(=O)[nH]2)cc1. The highest BCUT2D eigenvalue weighted by Crippen LogP contribution is 2.28. The molecule has 3 heterocycles. The van der Waals surface area contributed by atoms with Crippen LogP contribution in [0.15, 0.2) is 41.2 Å². The quantitative estimate of drug-likeness (QED) is 0.888. The van der Waals surface area contributed by atoms with E-state index in [4.69, 9.17) is 4.74 Å². The first-order valence-corrected chi connectivity index (χ1v) is 8.57. The first kappa shape index (κ1) is 15.9. The fourth-order valence-electron chi connectivity index (χ4n) is 3.84. The zero-order valence-corrected chi connectivity index (χ0v) is 14.1. The van der Waals surface area contributed by atoms with Gasteiger partial charge in [0.1, 0.15) is 11.3 Å². The van der Waals surface area contributed by atoms with Crippen molar-refractivity contribution in [2.75, 3.05) is 26.7 Å². The van der Waals surface area contributed by atoms with Crippen LogP contribution in [0, 0.1) is 5.92 Å². The van der Waals surface area contributed by atoms with E-state index in [1.165, 1.54) is 0 Å². The second kappa shape index (κ2) is 6.37. The number of likely N-dealkylation sites (tertiary alicyclic amines) is 1. The van der Waals surface area contributed by atoms with Gasteiger partial charge in [0, 0.05) is 31.4 Å². The minimum absolute atomic E-state index is 0.168. The number of hydrogen-bond acceptors (Lipinski definition) is 4. The molecule has 2 aromatic rings. The Morgan fingerprint density at radius 3 is 2.68 bits per heavy atom. The van der Waals surface area contributed by atoms with Gasteiger partial charge in [-0.25, -0.2) is 0 Å². The molecule has 0 unspecified atom stereocenters. The maximum atomic E-state index is 12.8. The summed E-state index contributed by atoms with van der Waals surface area (Å²) in [6.45, 7) is 2.51. The van der Waals surface area contributed by atoms with Gasteiger partial charge in [0.05, 0.1) is 7.11 Å². The first-order chi connectivity index (χ1) is 12.2. The highest BCUT2D eigenvalue weighted by molar-refractivity contribution is 5.94. The van der Waals surface area contributed by atoms with Crippen LogP contribution >= 0.6 is 0 Å². The van der Waals surface area contributed by atoms with Crippen molar-refractivity contribution in [3.05, 3.63) is 52.3 Å². The number of fused-ring (bicyclic) bond motifs is 1. The van der Waals surface area contributed by atoms with Crippen molar-refractivity contribution >= 4 is 5.91 Å². The summed E-state index contributed by atoms with van der Waals surface area (Å²) in [4.78, 5) is 30.0. The largest absolute Gasteiger partial charge is 0.497 e. The van der Waals surface area contributed by atoms with Crippen molar-refractivity contribution in [2.45, 2.75) is 12.5 Å². The summed E-state index contributed by atoms with van der Waals surface area (Å²) in [7, 11) is 1.61. The Hall–Kier alpha value is -2.60. The van der Waals surface area contributed by atoms with Crippen molar-refractivity contribution in [3.8, 4) is 17.0 Å². The standard InChI is InChI=1S/C19H21N3O3/c1-25-14-4-2-12(3-5-14)16-7-6-15(18(23)21-16)19(24)22-9-8-13-10-20-11-17(13)22/h2-7,13,17,20H,8-11H2,1H3,(H,21,23)/t13-,17+/m0/s1. The van der Waals surface area contributed by atoms with E-state index >= 15 is 0 Å². The number of H-pyrrole nitrogens is 1. The van der Waals surface area contributed by atoms with E-state index in [1.807, 2.05) is 29.2 Å². The number of methoxy groups -OCH3 is 1. The smallest absolute Gasteiger partial charge is 0.261 e. The number of carbonyl (C=O) groups is 1. The first-order valence-electron chi connectivity index (χ1n) is 8.57. The Balaban J connectivity index is 1.59. The van der Waals surface area contributed by atoms with Gasteiger partial charge in [-0.05, 0) is 54.3 Å². The molecule has 0 saturated carbocycles. The topological polar surface area (TPSA) is 74.4 Å². The van der Waals surface area contributed by atoms with Crippen LogP contribution in [-0.2, 0) is 0 Å². The lowest BCUT2D eigenvalue weighted by Crippen LogP contribution is -2.41. The van der Waals surface area contributed by atoms with Crippen LogP contribution in [-0.4, -0.2) is 48.6 Å². The van der Waals surface area contributed by atoms with Crippen LogP contribution in [0.3, 0.4) is 0 Å². The number of nitrogens with zero attached hydrogens (tertiary/aromatic N) is 1. The molecule has 25 heavy (non-hydrogen) atoms. The number of aromatic nitrogens is 1. The third-order valence-corrected chi connectivity index (χ3v) is 5.25. The third-order valence-electron chi connectivity index (χ3n) is 5.25. The number of carbonyl (C=O) groups excluding carboxylic acids is 1. The maximum Gasteiger partial charge on any atom is 0.261 e. The Labute approximate surface area is 145 Å². The number of amides is 1. The summed E-state index contributed by atoms with van der Waals surface area (Å²) < 4.78 is 5.14. The predicted octanol–water partition coefficient (Wildman–Crippen LogP) is 1.48. The number of benzene rings is 1. The van der Waals surface area contributed by atoms with Gasteiger partial charge >= 0.3 is 0 Å². The molecule has 2 aliphatic heterocycles. The molecule has 1 amide bonds. The zero-order valence-electron chi connectivity index (χ0n) is 14.1. The molecule has 0 radical (unpaired) electrons. The van der Waals surface area contributed by atoms with E-state index in [-0.39, 0.29) is 23.1 Å². The van der Waals surface area contributed by atoms with Gasteiger partial charge < -0.3 is 19.9 Å². The number of pyridine rings is 1. The minimum atomic E-state index is -0.340. The van der Waals surface area contributed by atoms with Crippen molar-refractivity contribution in [1.29, 1.82) is 0 Å². The van der Waals surface area contributed by atoms with Crippen LogP contribution in [0.25, 0.3) is 11.3 Å². The maximum absolute atomic E-state index is 12.8. The van der Waals surface area contributed by atoms with Gasteiger partial charge in [0.25, 0.3) is 11.5 Å². The molecule has 0 aliphatic carbocycles. The van der Waals surface area contributed by atoms with Gasteiger partial charge in [-0.2, -0.15) is 0 Å². The fraction of sp³-hybridized carbons (Fsp3) is 0.368. The van der Waals surface area contributed by atoms with Gasteiger partial charge in [-0.15, -0.1) is 0 Å². The average molecular weight is 339 g/mol. The average Bonchev–Trinajstić information content (AvgIpc) is 3.25. The molecule has 2 fully saturated rings. The van der Waals surface area contributed by atoms with E-state index in [1.54, 1.807) is 19.2 Å². The normalized spacial score (nSPS) is 22.0. The van der Waals surface area contributed by atoms with Crippen molar-refractivity contribution in [2.24, 2.45) is 5.92 Å². The molecule has 1 aromatic heterocycles. The lowest BCUT2D eigenvalue weighted by Gasteiger charge is -2.23. The molecular weight excluding hydrogens is 318 g/mol. The van der Waals surface area contributed by atoms with Gasteiger partial charge in [0.15, 0.2) is 0 Å². The molecule has 0 spiro atoms. The molecule has 2 atom stereocenters. The lowest BCUT2D eigenvalue weighted by molar-refractivity contribution is 0.0735. The van der Waals surface area contributed by atoms with Crippen LogP contribution in [0.1, 0.15) is 16.8 Å². The van der Waals surface area contributed by atoms with Crippen molar-refractivity contribution in [3.63, 3.8) is 0 Å². The molecule has 2 saturated heterocycles. The summed E-state index contributed by atoms with van der Waals surface area (Å²) in [5.41, 5.74) is 1.43.